The van der Waals surface area contributed by atoms with E-state index in [1.54, 1.807) is 0 Å². The van der Waals surface area contributed by atoms with Crippen molar-refractivity contribution in [3.63, 3.8) is 0 Å². The largest absolute Gasteiger partial charge is 0.456 e. The van der Waals surface area contributed by atoms with Crippen LogP contribution in [0.4, 0.5) is 0 Å². The van der Waals surface area contributed by atoms with Crippen molar-refractivity contribution in [2.24, 2.45) is 0 Å². The number of para-hydroxylation sites is 4. The fourth-order valence-corrected chi connectivity index (χ4v) is 11.1. The number of nitrogens with zero attached hydrogens (tertiary/aromatic N) is 6. The van der Waals surface area contributed by atoms with E-state index in [1.807, 2.05) is 97.1 Å². The monoisotopic (exact) mass is 920 g/mol. The Morgan fingerprint density at radius 2 is 0.875 bits per heavy atom. The van der Waals surface area contributed by atoms with Crippen molar-refractivity contribution in [2.45, 2.75) is 0 Å². The molecule has 0 aliphatic heterocycles. The first-order valence-electron chi connectivity index (χ1n) is 23.9. The number of aromatic nitrogens is 5. The van der Waals surface area contributed by atoms with Crippen molar-refractivity contribution >= 4 is 87.5 Å². The molecule has 10 aromatic carbocycles. The third-order valence-electron chi connectivity index (χ3n) is 14.2. The predicted octanol–water partition coefficient (Wildman–Crippen LogP) is 16.4. The van der Waals surface area contributed by atoms with E-state index < -0.39 is 0 Å². The quantitative estimate of drug-likeness (QED) is 0.165. The van der Waals surface area contributed by atoms with Crippen LogP contribution < -0.4 is 0 Å². The van der Waals surface area contributed by atoms with Crippen LogP contribution in [0, 0.1) is 11.3 Å². The van der Waals surface area contributed by atoms with Gasteiger partial charge >= 0.3 is 0 Å². The predicted molar refractivity (Wildman–Crippen MR) is 290 cm³/mol. The number of furan rings is 2. The molecule has 0 atom stereocenters. The van der Waals surface area contributed by atoms with Crippen LogP contribution in [0.1, 0.15) is 5.56 Å². The zero-order valence-electron chi connectivity index (χ0n) is 38.3. The summed E-state index contributed by atoms with van der Waals surface area (Å²) < 4.78 is 17.9. The topological polar surface area (TPSA) is 98.6 Å². The second-order valence-electron chi connectivity index (χ2n) is 18.2. The van der Waals surface area contributed by atoms with E-state index in [0.717, 1.165) is 110 Å². The van der Waals surface area contributed by atoms with Crippen LogP contribution in [0.2, 0.25) is 0 Å². The SMILES string of the molecule is N#Cc1cc(-n2c3ccc(-c4ccc5oc6ccccc6c5c4)cc3c3c4c5ccccc5n(-c5ccccc5)c4ccc32)c2c(oc3ccccc32)c1-c1nc(-c2ccccc2)nc(-c2ccccc2)n1. The van der Waals surface area contributed by atoms with E-state index >= 15 is 0 Å². The highest BCUT2D eigenvalue weighted by Crippen LogP contribution is 2.47. The standard InChI is InChI=1S/C64H36N6O2/c65-37-42-36-53(60-46-24-12-15-27-55(46)72-61(60)57(42)64-67-62(38-16-4-1-5-17-38)66-63(68-64)39-18-6-2-7-19-39)70-50-30-28-40(41-29-33-56-47(34-41)44-22-11-14-26-54(44)71-56)35-48(50)59-52(70)32-31-51-58(59)45-23-10-13-25-49(45)69(51)43-20-8-3-9-21-43/h1-36H. The lowest BCUT2D eigenvalue weighted by Gasteiger charge is -2.14. The highest BCUT2D eigenvalue weighted by molar-refractivity contribution is 6.30. The van der Waals surface area contributed by atoms with Gasteiger partial charge < -0.3 is 18.0 Å². The fourth-order valence-electron chi connectivity index (χ4n) is 11.1. The number of hydrogen-bond donors (Lipinski definition) is 0. The smallest absolute Gasteiger partial charge is 0.169 e. The Bertz CT molecular complexity index is 4690. The van der Waals surface area contributed by atoms with Gasteiger partial charge in [0.05, 0.1) is 44.3 Å². The van der Waals surface area contributed by atoms with Crippen LogP contribution in [-0.4, -0.2) is 24.1 Å². The Kier molecular flexibility index (Phi) is 8.55. The third-order valence-corrected chi connectivity index (χ3v) is 14.2. The van der Waals surface area contributed by atoms with Gasteiger partial charge in [-0.2, -0.15) is 5.26 Å². The summed E-state index contributed by atoms with van der Waals surface area (Å²) in [4.78, 5) is 15.2. The van der Waals surface area contributed by atoms with Crippen molar-refractivity contribution in [3.8, 4) is 62.7 Å². The summed E-state index contributed by atoms with van der Waals surface area (Å²) in [6.07, 6.45) is 0. The molecular formula is C64H36N6O2. The molecule has 0 aliphatic carbocycles. The Morgan fingerprint density at radius 3 is 1.58 bits per heavy atom. The van der Waals surface area contributed by atoms with Gasteiger partial charge in [0.1, 0.15) is 28.4 Å². The van der Waals surface area contributed by atoms with Crippen molar-refractivity contribution in [1.29, 1.82) is 5.26 Å². The molecule has 0 spiro atoms. The van der Waals surface area contributed by atoms with Crippen LogP contribution >= 0.6 is 0 Å². The van der Waals surface area contributed by atoms with Crippen LogP contribution in [0.15, 0.2) is 227 Å². The Morgan fingerprint density at radius 1 is 0.361 bits per heavy atom. The third kappa shape index (κ3) is 5.89. The summed E-state index contributed by atoms with van der Waals surface area (Å²) in [6.45, 7) is 0. The minimum Gasteiger partial charge on any atom is -0.456 e. The maximum Gasteiger partial charge on any atom is 0.169 e. The van der Waals surface area contributed by atoms with E-state index in [2.05, 4.69) is 137 Å². The molecule has 0 fully saturated rings. The summed E-state index contributed by atoms with van der Waals surface area (Å²) in [7, 11) is 0. The molecule has 0 amide bonds. The van der Waals surface area contributed by atoms with Crippen molar-refractivity contribution in [3.05, 3.63) is 224 Å². The normalized spacial score (nSPS) is 11.9. The van der Waals surface area contributed by atoms with Gasteiger partial charge in [0.25, 0.3) is 0 Å². The molecule has 334 valence electrons. The van der Waals surface area contributed by atoms with Gasteiger partial charge in [-0.05, 0) is 83.9 Å². The second-order valence-corrected chi connectivity index (χ2v) is 18.2. The van der Waals surface area contributed by atoms with E-state index in [1.165, 1.54) is 0 Å². The molecule has 0 radical (unpaired) electrons. The number of fused-ring (bicyclic) bond motifs is 13. The van der Waals surface area contributed by atoms with Crippen LogP contribution in [-0.2, 0) is 0 Å². The van der Waals surface area contributed by atoms with E-state index in [-0.39, 0.29) is 0 Å². The number of hydrogen-bond acceptors (Lipinski definition) is 6. The van der Waals surface area contributed by atoms with Crippen molar-refractivity contribution in [2.75, 3.05) is 0 Å². The van der Waals surface area contributed by atoms with Crippen LogP contribution in [0.25, 0.3) is 144 Å². The molecule has 0 aliphatic rings. The van der Waals surface area contributed by atoms with Gasteiger partial charge in [-0.25, -0.2) is 15.0 Å². The molecule has 8 nitrogen and oxygen atoms in total. The first-order chi connectivity index (χ1) is 35.7. The lowest BCUT2D eigenvalue weighted by atomic mass is 9.99. The molecule has 8 heteroatoms. The lowest BCUT2D eigenvalue weighted by molar-refractivity contribution is 0.668. The molecule has 0 bridgehead atoms. The van der Waals surface area contributed by atoms with Gasteiger partial charge in [-0.3, -0.25) is 0 Å². The van der Waals surface area contributed by atoms with Gasteiger partial charge in [-0.1, -0.05) is 146 Å². The molecule has 15 rings (SSSR count). The van der Waals surface area contributed by atoms with E-state index in [0.29, 0.717) is 39.8 Å². The highest BCUT2D eigenvalue weighted by atomic mass is 16.3. The van der Waals surface area contributed by atoms with Crippen LogP contribution in [0.3, 0.4) is 0 Å². The minimum absolute atomic E-state index is 0.347. The van der Waals surface area contributed by atoms with Crippen molar-refractivity contribution in [1.82, 2.24) is 24.1 Å². The number of nitriles is 1. The first-order valence-corrected chi connectivity index (χ1v) is 23.9. The van der Waals surface area contributed by atoms with Gasteiger partial charge in [0.15, 0.2) is 17.5 Å². The zero-order valence-corrected chi connectivity index (χ0v) is 38.3. The molecule has 72 heavy (non-hydrogen) atoms. The summed E-state index contributed by atoms with van der Waals surface area (Å²) in [5, 5.41) is 19.8. The van der Waals surface area contributed by atoms with Gasteiger partial charge in [-0.15, -0.1) is 0 Å². The molecular weight excluding hydrogens is 885 g/mol. The zero-order chi connectivity index (χ0) is 47.4. The van der Waals surface area contributed by atoms with Crippen LogP contribution in [0.5, 0.6) is 0 Å². The maximum absolute atomic E-state index is 11.4. The average Bonchev–Trinajstić information content (AvgIpc) is 4.21. The molecule has 5 aromatic heterocycles. The van der Waals surface area contributed by atoms with Gasteiger partial charge in [0, 0.05) is 54.5 Å². The lowest BCUT2D eigenvalue weighted by Crippen LogP contribution is -2.03. The van der Waals surface area contributed by atoms with E-state index in [4.69, 9.17) is 23.8 Å². The Labute approximate surface area is 410 Å². The molecule has 0 saturated carbocycles. The van der Waals surface area contributed by atoms with Crippen molar-refractivity contribution < 1.29 is 8.83 Å². The molecule has 0 saturated heterocycles. The summed E-state index contributed by atoms with van der Waals surface area (Å²) in [6, 6.07) is 77.5. The Balaban J connectivity index is 1.06. The minimum atomic E-state index is 0.347. The first kappa shape index (κ1) is 39.9. The summed E-state index contributed by atoms with van der Waals surface area (Å²) in [5.74, 6) is 1.34. The summed E-state index contributed by atoms with van der Waals surface area (Å²) >= 11 is 0. The molecule has 5 heterocycles. The Hall–Kier alpha value is -10.1. The second kappa shape index (κ2) is 15.5. The molecule has 0 unspecified atom stereocenters. The number of rotatable bonds is 6. The highest BCUT2D eigenvalue weighted by Gasteiger charge is 2.28. The molecule has 0 N–H and O–H groups in total. The van der Waals surface area contributed by atoms with E-state index in [9.17, 15) is 5.26 Å². The fraction of sp³-hybridized carbons (Fsp3) is 0. The molecule has 15 aromatic rings. The summed E-state index contributed by atoms with van der Waals surface area (Å²) in [5.41, 5.74) is 13.7. The average molecular weight is 921 g/mol. The van der Waals surface area contributed by atoms with Gasteiger partial charge in [0.2, 0.25) is 0 Å². The maximum atomic E-state index is 11.4. The number of benzene rings is 10.